The van der Waals surface area contributed by atoms with Gasteiger partial charge in [0.2, 0.25) is 0 Å². The van der Waals surface area contributed by atoms with E-state index >= 15 is 0 Å². The van der Waals surface area contributed by atoms with Gasteiger partial charge in [-0.15, -0.1) is 0 Å². The summed E-state index contributed by atoms with van der Waals surface area (Å²) in [6, 6.07) is 9.97. The van der Waals surface area contributed by atoms with Crippen molar-refractivity contribution >= 4 is 57.6 Å². The molecule has 0 atom stereocenters. The predicted molar refractivity (Wildman–Crippen MR) is 116 cm³/mol. The molecule has 1 N–H and O–H groups in total. The largest absolute Gasteiger partial charge is 0.494 e. The van der Waals surface area contributed by atoms with Gasteiger partial charge in [0.25, 0.3) is 5.69 Å². The van der Waals surface area contributed by atoms with Crippen molar-refractivity contribution in [2.24, 2.45) is 0 Å². The van der Waals surface area contributed by atoms with Gasteiger partial charge in [-0.2, -0.15) is 0 Å². The predicted octanol–water partition coefficient (Wildman–Crippen LogP) is 4.43. The van der Waals surface area contributed by atoms with Crippen molar-refractivity contribution < 1.29 is 9.66 Å². The molecule has 10 heteroatoms. The smallest absolute Gasteiger partial charge is 0.273 e. The van der Waals surface area contributed by atoms with Crippen LogP contribution in [-0.4, -0.2) is 48.2 Å². The average molecular weight is 441 g/mol. The number of ether oxygens (including phenoxy) is 1. The highest BCUT2D eigenvalue weighted by Crippen LogP contribution is 2.30. The van der Waals surface area contributed by atoms with Gasteiger partial charge in [0.1, 0.15) is 5.75 Å². The van der Waals surface area contributed by atoms with Crippen LogP contribution in [0.2, 0.25) is 10.0 Å². The number of nitrogens with one attached hydrogen (secondary N) is 1. The minimum absolute atomic E-state index is 0.0384. The molecule has 0 aliphatic carbocycles. The van der Waals surface area contributed by atoms with Crippen LogP contribution in [0.15, 0.2) is 36.4 Å². The molecule has 28 heavy (non-hydrogen) atoms. The Morgan fingerprint density at radius 1 is 1.14 bits per heavy atom. The van der Waals surface area contributed by atoms with Gasteiger partial charge in [-0.05, 0) is 36.5 Å². The van der Waals surface area contributed by atoms with Gasteiger partial charge in [-0.25, -0.2) is 0 Å². The fourth-order valence-electron chi connectivity index (χ4n) is 2.94. The summed E-state index contributed by atoms with van der Waals surface area (Å²) in [5.74, 6) is 0.367. The molecule has 1 saturated heterocycles. The summed E-state index contributed by atoms with van der Waals surface area (Å²) in [7, 11) is 1.46. The molecule has 1 aliphatic heterocycles. The third kappa shape index (κ3) is 4.57. The van der Waals surface area contributed by atoms with E-state index in [1.54, 1.807) is 12.1 Å². The van der Waals surface area contributed by atoms with Gasteiger partial charge in [0, 0.05) is 37.9 Å². The van der Waals surface area contributed by atoms with E-state index in [9.17, 15) is 10.1 Å². The maximum atomic E-state index is 10.9. The van der Waals surface area contributed by atoms with Crippen molar-refractivity contribution in [1.29, 1.82) is 0 Å². The van der Waals surface area contributed by atoms with Crippen molar-refractivity contribution in [2.45, 2.75) is 0 Å². The van der Waals surface area contributed by atoms with Gasteiger partial charge in [-0.1, -0.05) is 23.2 Å². The highest BCUT2D eigenvalue weighted by Gasteiger charge is 2.21. The molecule has 1 aliphatic rings. The van der Waals surface area contributed by atoms with Crippen LogP contribution in [0.1, 0.15) is 0 Å². The number of nitro groups is 1. The Balaban J connectivity index is 1.62. The number of benzene rings is 2. The van der Waals surface area contributed by atoms with Crippen LogP contribution >= 0.6 is 35.4 Å². The molecular formula is C18H18Cl2N4O3S. The van der Waals surface area contributed by atoms with E-state index in [0.717, 1.165) is 31.9 Å². The lowest BCUT2D eigenvalue weighted by Crippen LogP contribution is -2.50. The van der Waals surface area contributed by atoms with Gasteiger partial charge in [-0.3, -0.25) is 10.1 Å². The molecule has 148 valence electrons. The second-order valence-corrected chi connectivity index (χ2v) is 7.35. The average Bonchev–Trinajstić information content (AvgIpc) is 2.70. The van der Waals surface area contributed by atoms with Crippen LogP contribution in [-0.2, 0) is 0 Å². The summed E-state index contributed by atoms with van der Waals surface area (Å²) >= 11 is 17.6. The normalized spacial score (nSPS) is 14.0. The number of nitro benzene ring substituents is 1. The highest BCUT2D eigenvalue weighted by molar-refractivity contribution is 7.80. The number of piperazine rings is 1. The quantitative estimate of drug-likeness (QED) is 0.428. The van der Waals surface area contributed by atoms with Gasteiger partial charge < -0.3 is 19.9 Å². The van der Waals surface area contributed by atoms with E-state index < -0.39 is 4.92 Å². The molecule has 1 heterocycles. The van der Waals surface area contributed by atoms with Crippen LogP contribution in [0.25, 0.3) is 0 Å². The number of halogens is 2. The summed E-state index contributed by atoms with van der Waals surface area (Å²) < 4.78 is 5.24. The van der Waals surface area contributed by atoms with E-state index in [-0.39, 0.29) is 5.69 Å². The van der Waals surface area contributed by atoms with Gasteiger partial charge >= 0.3 is 0 Å². The number of nitrogens with zero attached hydrogens (tertiary/aromatic N) is 3. The second-order valence-electron chi connectivity index (χ2n) is 6.14. The van der Waals surface area contributed by atoms with Crippen LogP contribution in [0, 0.1) is 10.1 Å². The van der Waals surface area contributed by atoms with Crippen LogP contribution in [0.5, 0.6) is 5.75 Å². The monoisotopic (exact) mass is 440 g/mol. The molecule has 0 amide bonds. The van der Waals surface area contributed by atoms with Crippen molar-refractivity contribution in [2.75, 3.05) is 43.5 Å². The topological polar surface area (TPSA) is 70.9 Å². The molecular weight excluding hydrogens is 423 g/mol. The summed E-state index contributed by atoms with van der Waals surface area (Å²) in [5, 5.41) is 15.6. The molecule has 0 bridgehead atoms. The molecule has 0 spiro atoms. The second kappa shape index (κ2) is 8.81. The van der Waals surface area contributed by atoms with Crippen LogP contribution in [0.3, 0.4) is 0 Å². The number of hydrogen-bond donors (Lipinski definition) is 1. The number of thiocarbonyl (C=S) groups is 1. The zero-order valence-electron chi connectivity index (χ0n) is 15.0. The molecule has 0 saturated carbocycles. The van der Waals surface area contributed by atoms with Crippen molar-refractivity contribution in [3.05, 3.63) is 56.6 Å². The maximum Gasteiger partial charge on any atom is 0.273 e. The zero-order valence-corrected chi connectivity index (χ0v) is 17.4. The van der Waals surface area contributed by atoms with Crippen molar-refractivity contribution in [1.82, 2.24) is 4.90 Å². The molecule has 2 aromatic carbocycles. The fraction of sp³-hybridized carbons (Fsp3) is 0.278. The Bertz CT molecular complexity index is 904. The number of hydrogen-bond acceptors (Lipinski definition) is 5. The first-order chi connectivity index (χ1) is 13.4. The van der Waals surface area contributed by atoms with E-state index in [1.807, 2.05) is 17.0 Å². The van der Waals surface area contributed by atoms with Crippen LogP contribution < -0.4 is 15.0 Å². The lowest BCUT2D eigenvalue weighted by Gasteiger charge is -2.37. The molecule has 7 nitrogen and oxygen atoms in total. The Hall–Kier alpha value is -2.29. The van der Waals surface area contributed by atoms with E-state index in [2.05, 4.69) is 10.2 Å². The van der Waals surface area contributed by atoms with E-state index in [0.29, 0.717) is 26.6 Å². The van der Waals surface area contributed by atoms with Crippen molar-refractivity contribution in [3.63, 3.8) is 0 Å². The molecule has 0 aromatic heterocycles. The number of methoxy groups -OCH3 is 1. The Morgan fingerprint density at radius 3 is 2.46 bits per heavy atom. The maximum absolute atomic E-state index is 10.9. The highest BCUT2D eigenvalue weighted by atomic mass is 35.5. The van der Waals surface area contributed by atoms with E-state index in [4.69, 9.17) is 40.2 Å². The molecule has 1 fully saturated rings. The molecule has 0 radical (unpaired) electrons. The lowest BCUT2D eigenvalue weighted by molar-refractivity contribution is -0.384. The van der Waals surface area contributed by atoms with Crippen molar-refractivity contribution in [3.8, 4) is 5.75 Å². The van der Waals surface area contributed by atoms with Crippen LogP contribution in [0.4, 0.5) is 17.1 Å². The number of non-ortho nitro benzene ring substituents is 1. The molecule has 0 unspecified atom stereocenters. The third-order valence-corrected chi connectivity index (χ3v) is 5.57. The third-order valence-electron chi connectivity index (χ3n) is 4.47. The Labute approximate surface area is 177 Å². The standard InChI is InChI=1S/C18H18Cl2N4O3S/c1-27-17-11-13(24(25)26)3-5-16(17)21-18(28)23-8-6-22(7-9-23)12-2-4-14(19)15(20)10-12/h2-5,10-11H,6-9H2,1H3,(H,21,28). The Kier molecular flexibility index (Phi) is 6.43. The minimum Gasteiger partial charge on any atom is -0.494 e. The van der Waals surface area contributed by atoms with Gasteiger partial charge in [0.15, 0.2) is 5.11 Å². The van der Waals surface area contributed by atoms with E-state index in [1.165, 1.54) is 19.2 Å². The summed E-state index contributed by atoms with van der Waals surface area (Å²) in [5.41, 5.74) is 1.57. The number of rotatable bonds is 4. The Morgan fingerprint density at radius 2 is 1.86 bits per heavy atom. The van der Waals surface area contributed by atoms with Gasteiger partial charge in [0.05, 0.1) is 33.8 Å². The molecule has 2 aromatic rings. The fourth-order valence-corrected chi connectivity index (χ4v) is 3.53. The lowest BCUT2D eigenvalue weighted by atomic mass is 10.2. The number of anilines is 2. The first-order valence-corrected chi connectivity index (χ1v) is 9.64. The minimum atomic E-state index is -0.465. The first kappa shape index (κ1) is 20.4. The molecule has 3 rings (SSSR count). The summed E-state index contributed by atoms with van der Waals surface area (Å²) in [4.78, 5) is 14.7. The zero-order chi connectivity index (χ0) is 20.3. The summed E-state index contributed by atoms with van der Waals surface area (Å²) in [6.45, 7) is 3.00. The SMILES string of the molecule is COc1cc([N+](=O)[O-])ccc1NC(=S)N1CCN(c2ccc(Cl)c(Cl)c2)CC1. The first-order valence-electron chi connectivity index (χ1n) is 8.47. The summed E-state index contributed by atoms with van der Waals surface area (Å²) in [6.07, 6.45) is 0.